The fourth-order valence-electron chi connectivity index (χ4n) is 4.54. The van der Waals surface area contributed by atoms with Crippen molar-refractivity contribution in [2.45, 2.75) is 57.1 Å². The zero-order valence-corrected chi connectivity index (χ0v) is 14.1. The predicted molar refractivity (Wildman–Crippen MR) is 84.5 cm³/mol. The molecule has 2 aliphatic carbocycles. The normalized spacial score (nSPS) is 39.6. The molecule has 0 aromatic rings. The Labute approximate surface area is 124 Å². The first-order chi connectivity index (χ1) is 9.41. The molecule has 1 N–H and O–H groups in total. The molecule has 20 heavy (non-hydrogen) atoms. The zero-order chi connectivity index (χ0) is 14.8. The van der Waals surface area contributed by atoms with Gasteiger partial charge in [-0.1, -0.05) is 26.2 Å². The van der Waals surface area contributed by atoms with Gasteiger partial charge in [-0.25, -0.2) is 8.42 Å². The highest BCUT2D eigenvalue weighted by Gasteiger charge is 2.38. The molecule has 0 heterocycles. The monoisotopic (exact) mass is 301 g/mol. The lowest BCUT2D eigenvalue weighted by atomic mass is 9.65. The molecule has 4 heteroatoms. The molecule has 0 aromatic carbocycles. The maximum atomic E-state index is 11.9. The van der Waals surface area contributed by atoms with Gasteiger partial charge < -0.3 is 5.32 Å². The predicted octanol–water partition coefficient (Wildman–Crippen LogP) is 2.86. The minimum absolute atomic E-state index is 0.0753. The lowest BCUT2D eigenvalue weighted by Gasteiger charge is -2.42. The fraction of sp³-hybridized carbons (Fsp3) is 1.00. The first-order valence-electron chi connectivity index (χ1n) is 8.25. The quantitative estimate of drug-likeness (QED) is 0.868. The molecule has 3 nitrogen and oxygen atoms in total. The zero-order valence-electron chi connectivity index (χ0n) is 13.3. The summed E-state index contributed by atoms with van der Waals surface area (Å²) in [5, 5.41) is 3.27. The minimum atomic E-state index is -2.86. The molecule has 0 aliphatic heterocycles. The third-order valence-electron chi connectivity index (χ3n) is 5.65. The molecule has 0 amide bonds. The Hall–Kier alpha value is -0.0900. The van der Waals surface area contributed by atoms with Crippen LogP contribution in [0.2, 0.25) is 0 Å². The maximum Gasteiger partial charge on any atom is 0.150 e. The van der Waals surface area contributed by atoms with E-state index in [4.69, 9.17) is 0 Å². The van der Waals surface area contributed by atoms with Crippen LogP contribution in [0.25, 0.3) is 0 Å². The van der Waals surface area contributed by atoms with Crippen LogP contribution in [-0.4, -0.2) is 33.5 Å². The number of rotatable bonds is 4. The number of hydrogen-bond donors (Lipinski definition) is 1. The summed E-state index contributed by atoms with van der Waals surface area (Å²) in [5.74, 6) is 2.92. The second-order valence-electron chi connectivity index (χ2n) is 7.28. The van der Waals surface area contributed by atoms with E-state index in [1.807, 2.05) is 7.05 Å². The van der Waals surface area contributed by atoms with Crippen LogP contribution < -0.4 is 5.32 Å². The van der Waals surface area contributed by atoms with Crippen molar-refractivity contribution in [1.29, 1.82) is 0 Å². The standard InChI is InChI=1S/C16H31NO2S/c1-12-7-8-14(11-17-2)16(9-12)13-5-4-6-15(10-13)20(3,18)19/h12-17H,4-11H2,1-3H3. The Kier molecular flexibility index (Phi) is 5.52. The molecule has 2 fully saturated rings. The van der Waals surface area contributed by atoms with E-state index >= 15 is 0 Å². The van der Waals surface area contributed by atoms with E-state index in [1.54, 1.807) is 0 Å². The fourth-order valence-corrected chi connectivity index (χ4v) is 5.73. The molecule has 0 radical (unpaired) electrons. The van der Waals surface area contributed by atoms with Crippen LogP contribution in [0.15, 0.2) is 0 Å². The topological polar surface area (TPSA) is 46.2 Å². The van der Waals surface area contributed by atoms with E-state index in [1.165, 1.54) is 31.9 Å². The Morgan fingerprint density at radius 2 is 1.85 bits per heavy atom. The summed E-state index contributed by atoms with van der Waals surface area (Å²) in [6.45, 7) is 3.46. The van der Waals surface area contributed by atoms with Gasteiger partial charge in [0.2, 0.25) is 0 Å². The first kappa shape index (κ1) is 16.3. The smallest absolute Gasteiger partial charge is 0.150 e. The third kappa shape index (κ3) is 3.97. The third-order valence-corrected chi connectivity index (χ3v) is 7.29. The SMILES string of the molecule is CNCC1CCC(C)CC1C1CCCC(S(C)(=O)=O)C1. The van der Waals surface area contributed by atoms with E-state index in [-0.39, 0.29) is 5.25 Å². The maximum absolute atomic E-state index is 11.9. The van der Waals surface area contributed by atoms with Gasteiger partial charge in [-0.3, -0.25) is 0 Å². The van der Waals surface area contributed by atoms with Gasteiger partial charge in [0.25, 0.3) is 0 Å². The highest BCUT2D eigenvalue weighted by Crippen LogP contribution is 2.44. The van der Waals surface area contributed by atoms with Crippen molar-refractivity contribution in [1.82, 2.24) is 5.32 Å². The van der Waals surface area contributed by atoms with Crippen molar-refractivity contribution in [3.8, 4) is 0 Å². The Bertz CT molecular complexity index is 407. The second-order valence-corrected chi connectivity index (χ2v) is 9.60. The van der Waals surface area contributed by atoms with Crippen LogP contribution in [0, 0.1) is 23.7 Å². The molecule has 118 valence electrons. The molecule has 5 atom stereocenters. The molecular formula is C16H31NO2S. The van der Waals surface area contributed by atoms with Crippen LogP contribution >= 0.6 is 0 Å². The van der Waals surface area contributed by atoms with Gasteiger partial charge in [-0.2, -0.15) is 0 Å². The number of hydrogen-bond acceptors (Lipinski definition) is 3. The van der Waals surface area contributed by atoms with E-state index in [2.05, 4.69) is 12.2 Å². The molecule has 0 aromatic heterocycles. The molecule has 2 aliphatic rings. The lowest BCUT2D eigenvalue weighted by molar-refractivity contribution is 0.103. The van der Waals surface area contributed by atoms with Gasteiger partial charge in [0.05, 0.1) is 5.25 Å². The van der Waals surface area contributed by atoms with Crippen LogP contribution in [0.3, 0.4) is 0 Å². The van der Waals surface area contributed by atoms with E-state index < -0.39 is 9.84 Å². The van der Waals surface area contributed by atoms with Crippen molar-refractivity contribution in [2.75, 3.05) is 19.8 Å². The molecule has 0 bridgehead atoms. The molecule has 0 spiro atoms. The van der Waals surface area contributed by atoms with Gasteiger partial charge in [-0.05, 0) is 62.9 Å². The van der Waals surface area contributed by atoms with Crippen molar-refractivity contribution in [3.05, 3.63) is 0 Å². The van der Waals surface area contributed by atoms with Crippen LogP contribution in [0.1, 0.15) is 51.9 Å². The summed E-state index contributed by atoms with van der Waals surface area (Å²) >= 11 is 0. The van der Waals surface area contributed by atoms with E-state index in [0.717, 1.165) is 43.6 Å². The highest BCUT2D eigenvalue weighted by molar-refractivity contribution is 7.91. The highest BCUT2D eigenvalue weighted by atomic mass is 32.2. The summed E-state index contributed by atoms with van der Waals surface area (Å²) in [7, 11) is -0.819. The second kappa shape index (κ2) is 6.78. The van der Waals surface area contributed by atoms with Crippen molar-refractivity contribution >= 4 is 9.84 Å². The average molecular weight is 301 g/mol. The Morgan fingerprint density at radius 1 is 1.10 bits per heavy atom. The van der Waals surface area contributed by atoms with E-state index in [9.17, 15) is 8.42 Å². The Morgan fingerprint density at radius 3 is 2.50 bits per heavy atom. The summed E-state index contributed by atoms with van der Waals surface area (Å²) in [5.41, 5.74) is 0. The average Bonchev–Trinajstić information content (AvgIpc) is 2.40. The van der Waals surface area contributed by atoms with Gasteiger partial charge in [0.1, 0.15) is 9.84 Å². The van der Waals surface area contributed by atoms with Crippen molar-refractivity contribution < 1.29 is 8.42 Å². The molecule has 5 unspecified atom stereocenters. The summed E-state index contributed by atoms with van der Waals surface area (Å²) < 4.78 is 23.7. The number of nitrogens with one attached hydrogen (secondary N) is 1. The molecular weight excluding hydrogens is 270 g/mol. The van der Waals surface area contributed by atoms with Gasteiger partial charge in [-0.15, -0.1) is 0 Å². The largest absolute Gasteiger partial charge is 0.319 e. The summed E-state index contributed by atoms with van der Waals surface area (Å²) in [6.07, 6.45) is 9.51. The van der Waals surface area contributed by atoms with Crippen molar-refractivity contribution in [2.24, 2.45) is 23.7 Å². The first-order valence-corrected chi connectivity index (χ1v) is 10.2. The van der Waals surface area contributed by atoms with E-state index in [0.29, 0.717) is 5.92 Å². The van der Waals surface area contributed by atoms with Gasteiger partial charge in [0.15, 0.2) is 0 Å². The minimum Gasteiger partial charge on any atom is -0.319 e. The number of sulfone groups is 1. The summed E-state index contributed by atoms with van der Waals surface area (Å²) in [6, 6.07) is 0. The van der Waals surface area contributed by atoms with Gasteiger partial charge >= 0.3 is 0 Å². The lowest BCUT2D eigenvalue weighted by Crippen LogP contribution is -2.39. The Balaban J connectivity index is 2.06. The summed E-state index contributed by atoms with van der Waals surface area (Å²) in [4.78, 5) is 0. The van der Waals surface area contributed by atoms with Crippen LogP contribution in [0.4, 0.5) is 0 Å². The van der Waals surface area contributed by atoms with Crippen LogP contribution in [-0.2, 0) is 9.84 Å². The van der Waals surface area contributed by atoms with Crippen molar-refractivity contribution in [3.63, 3.8) is 0 Å². The molecule has 0 saturated heterocycles. The van der Waals surface area contributed by atoms with Gasteiger partial charge in [0, 0.05) is 6.26 Å². The molecule has 2 saturated carbocycles. The van der Waals surface area contributed by atoms with Crippen LogP contribution in [0.5, 0.6) is 0 Å². The molecule has 2 rings (SSSR count).